The second-order valence-corrected chi connectivity index (χ2v) is 8.41. The lowest BCUT2D eigenvalue weighted by Crippen LogP contribution is -2.43. The highest BCUT2D eigenvalue weighted by Gasteiger charge is 2.36. The molecular formula is C13H27NO3S. The van der Waals surface area contributed by atoms with E-state index in [1.54, 1.807) is 0 Å². The van der Waals surface area contributed by atoms with Crippen molar-refractivity contribution in [2.75, 3.05) is 18.1 Å². The van der Waals surface area contributed by atoms with Crippen LogP contribution in [0.25, 0.3) is 0 Å². The summed E-state index contributed by atoms with van der Waals surface area (Å²) in [4.78, 5) is 0. The Morgan fingerprint density at radius 1 is 1.28 bits per heavy atom. The first-order valence-corrected chi connectivity index (χ1v) is 8.70. The van der Waals surface area contributed by atoms with E-state index in [4.69, 9.17) is 0 Å². The van der Waals surface area contributed by atoms with Crippen molar-refractivity contribution in [3.63, 3.8) is 0 Å². The lowest BCUT2D eigenvalue weighted by molar-refractivity contribution is 0.155. The number of hydrogen-bond acceptors (Lipinski definition) is 4. The Balaban J connectivity index is 2.36. The van der Waals surface area contributed by atoms with Crippen LogP contribution in [0.1, 0.15) is 46.5 Å². The minimum Gasteiger partial charge on any atom is -0.390 e. The van der Waals surface area contributed by atoms with Crippen LogP contribution in [0.3, 0.4) is 0 Å². The second-order valence-electron chi connectivity index (χ2n) is 6.25. The normalized spacial score (nSPS) is 27.6. The molecule has 0 saturated carbocycles. The molecule has 1 saturated heterocycles. The summed E-state index contributed by atoms with van der Waals surface area (Å²) >= 11 is 0. The summed E-state index contributed by atoms with van der Waals surface area (Å²) in [7, 11) is -3.05. The fraction of sp³-hybridized carbons (Fsp3) is 1.00. The monoisotopic (exact) mass is 277 g/mol. The van der Waals surface area contributed by atoms with Crippen molar-refractivity contribution in [2.24, 2.45) is 5.41 Å². The molecule has 0 spiro atoms. The van der Waals surface area contributed by atoms with E-state index < -0.39 is 15.9 Å². The van der Waals surface area contributed by atoms with Gasteiger partial charge in [-0.05, 0) is 11.8 Å². The highest BCUT2D eigenvalue weighted by Crippen LogP contribution is 2.23. The fourth-order valence-electron chi connectivity index (χ4n) is 2.37. The zero-order valence-corrected chi connectivity index (χ0v) is 12.6. The number of aliphatic hydroxyl groups is 1. The number of aliphatic hydroxyl groups excluding tert-OH is 1. The Morgan fingerprint density at radius 3 is 2.44 bits per heavy atom. The third-order valence-electron chi connectivity index (χ3n) is 3.62. The summed E-state index contributed by atoms with van der Waals surface area (Å²) in [5, 5.41) is 12.9. The Bertz CT molecular complexity index is 351. The molecule has 1 heterocycles. The van der Waals surface area contributed by atoms with Crippen molar-refractivity contribution >= 4 is 9.84 Å². The lowest BCUT2D eigenvalue weighted by atomic mass is 9.86. The molecule has 4 nitrogen and oxygen atoms in total. The van der Waals surface area contributed by atoms with Crippen LogP contribution < -0.4 is 5.32 Å². The molecule has 1 rings (SSSR count). The molecule has 0 aromatic rings. The van der Waals surface area contributed by atoms with Gasteiger partial charge in [0, 0.05) is 12.6 Å². The van der Waals surface area contributed by atoms with Gasteiger partial charge in [0.25, 0.3) is 0 Å². The van der Waals surface area contributed by atoms with Crippen molar-refractivity contribution in [2.45, 2.75) is 58.6 Å². The third-order valence-corrected chi connectivity index (χ3v) is 5.34. The average molecular weight is 277 g/mol. The standard InChI is InChI=1S/C13H27NO3S/c1-4-5-6-7-13(2,3)10-14-11-8-18(16,17)9-12(11)15/h11-12,14-15H,4-10H2,1-3H3. The molecule has 2 atom stereocenters. The average Bonchev–Trinajstić information content (AvgIpc) is 2.49. The largest absolute Gasteiger partial charge is 0.390 e. The molecule has 0 aliphatic carbocycles. The molecule has 0 aromatic carbocycles. The predicted molar refractivity (Wildman–Crippen MR) is 74.4 cm³/mol. The topological polar surface area (TPSA) is 66.4 Å². The van der Waals surface area contributed by atoms with Gasteiger partial charge in [-0.15, -0.1) is 0 Å². The molecule has 5 heteroatoms. The highest BCUT2D eigenvalue weighted by atomic mass is 32.2. The van der Waals surface area contributed by atoms with Gasteiger partial charge in [-0.3, -0.25) is 0 Å². The van der Waals surface area contributed by atoms with Crippen LogP contribution in [0.4, 0.5) is 0 Å². The molecule has 2 unspecified atom stereocenters. The Labute approximate surface area is 111 Å². The first-order valence-electron chi connectivity index (χ1n) is 6.88. The van der Waals surface area contributed by atoms with Gasteiger partial charge in [-0.2, -0.15) is 0 Å². The van der Waals surface area contributed by atoms with Crippen LogP contribution >= 0.6 is 0 Å². The Morgan fingerprint density at radius 2 is 1.94 bits per heavy atom. The van der Waals surface area contributed by atoms with Gasteiger partial charge in [0.15, 0.2) is 9.84 Å². The van der Waals surface area contributed by atoms with Crippen molar-refractivity contribution in [1.82, 2.24) is 5.32 Å². The molecule has 18 heavy (non-hydrogen) atoms. The van der Waals surface area contributed by atoms with Crippen LogP contribution in [0.2, 0.25) is 0 Å². The summed E-state index contributed by atoms with van der Waals surface area (Å²) in [5.74, 6) is -0.0276. The van der Waals surface area contributed by atoms with Gasteiger partial charge in [0.05, 0.1) is 17.6 Å². The van der Waals surface area contributed by atoms with E-state index in [0.717, 1.165) is 13.0 Å². The van der Waals surface area contributed by atoms with Crippen LogP contribution in [0.15, 0.2) is 0 Å². The van der Waals surface area contributed by atoms with Gasteiger partial charge < -0.3 is 10.4 Å². The van der Waals surface area contributed by atoms with Gasteiger partial charge in [0.2, 0.25) is 0 Å². The van der Waals surface area contributed by atoms with Gasteiger partial charge in [-0.1, -0.05) is 40.0 Å². The predicted octanol–water partition coefficient (Wildman–Crippen LogP) is 1.34. The van der Waals surface area contributed by atoms with E-state index in [9.17, 15) is 13.5 Å². The molecular weight excluding hydrogens is 250 g/mol. The molecule has 0 amide bonds. The first kappa shape index (κ1) is 15.9. The Hall–Kier alpha value is -0.130. The SMILES string of the molecule is CCCCCC(C)(C)CNC1CS(=O)(=O)CC1O. The van der Waals surface area contributed by atoms with Gasteiger partial charge in [0.1, 0.15) is 0 Å². The van der Waals surface area contributed by atoms with E-state index in [1.165, 1.54) is 19.3 Å². The minimum atomic E-state index is -3.05. The number of nitrogens with one attached hydrogen (secondary N) is 1. The Kier molecular flexibility index (Phi) is 5.62. The zero-order valence-electron chi connectivity index (χ0n) is 11.8. The van der Waals surface area contributed by atoms with Gasteiger partial charge >= 0.3 is 0 Å². The summed E-state index contributed by atoms with van der Waals surface area (Å²) in [6.07, 6.45) is 4.04. The lowest BCUT2D eigenvalue weighted by Gasteiger charge is -2.27. The second kappa shape index (κ2) is 6.35. The van der Waals surface area contributed by atoms with Crippen LogP contribution in [0.5, 0.6) is 0 Å². The molecule has 1 aliphatic rings. The summed E-state index contributed by atoms with van der Waals surface area (Å²) in [6.45, 7) is 7.32. The van der Waals surface area contributed by atoms with E-state index in [-0.39, 0.29) is 23.0 Å². The van der Waals surface area contributed by atoms with Crippen molar-refractivity contribution in [1.29, 1.82) is 0 Å². The minimum absolute atomic E-state index is 0.0687. The smallest absolute Gasteiger partial charge is 0.154 e. The highest BCUT2D eigenvalue weighted by molar-refractivity contribution is 7.91. The maximum Gasteiger partial charge on any atom is 0.154 e. The maximum atomic E-state index is 11.4. The number of sulfone groups is 1. The van der Waals surface area contributed by atoms with E-state index in [0.29, 0.717) is 0 Å². The quantitative estimate of drug-likeness (QED) is 0.689. The molecule has 1 fully saturated rings. The van der Waals surface area contributed by atoms with Crippen LogP contribution in [0, 0.1) is 5.41 Å². The molecule has 1 aliphatic heterocycles. The molecule has 0 bridgehead atoms. The maximum absolute atomic E-state index is 11.4. The summed E-state index contributed by atoms with van der Waals surface area (Å²) in [6, 6.07) is -0.291. The molecule has 0 radical (unpaired) electrons. The molecule has 0 aromatic heterocycles. The van der Waals surface area contributed by atoms with Gasteiger partial charge in [-0.25, -0.2) is 8.42 Å². The number of unbranched alkanes of at least 4 members (excludes halogenated alkanes) is 2. The third kappa shape index (κ3) is 5.24. The van der Waals surface area contributed by atoms with E-state index in [2.05, 4.69) is 26.1 Å². The first-order chi connectivity index (χ1) is 8.26. The number of rotatable bonds is 7. The van der Waals surface area contributed by atoms with Crippen molar-refractivity contribution in [3.05, 3.63) is 0 Å². The molecule has 108 valence electrons. The van der Waals surface area contributed by atoms with Crippen LogP contribution in [-0.2, 0) is 9.84 Å². The summed E-state index contributed by atoms with van der Waals surface area (Å²) in [5.41, 5.74) is 0.154. The van der Waals surface area contributed by atoms with Crippen molar-refractivity contribution < 1.29 is 13.5 Å². The zero-order chi connectivity index (χ0) is 13.8. The number of hydrogen-bond donors (Lipinski definition) is 2. The van der Waals surface area contributed by atoms with E-state index in [1.807, 2.05) is 0 Å². The molecule has 2 N–H and O–H groups in total. The van der Waals surface area contributed by atoms with Crippen molar-refractivity contribution in [3.8, 4) is 0 Å². The fourth-order valence-corrected chi connectivity index (χ4v) is 4.15. The van der Waals surface area contributed by atoms with Crippen LogP contribution in [-0.4, -0.2) is 43.7 Å². The summed E-state index contributed by atoms with van der Waals surface area (Å²) < 4.78 is 22.8. The van der Waals surface area contributed by atoms with E-state index >= 15 is 0 Å².